The zero-order chi connectivity index (χ0) is 14.6. The van der Waals surface area contributed by atoms with Gasteiger partial charge in [0.2, 0.25) is 10.0 Å². The van der Waals surface area contributed by atoms with Gasteiger partial charge in [0.15, 0.2) is 0 Å². The van der Waals surface area contributed by atoms with Crippen LogP contribution in [0.2, 0.25) is 0 Å². The average molecular weight is 298 g/mol. The van der Waals surface area contributed by atoms with E-state index >= 15 is 0 Å². The second-order valence-corrected chi connectivity index (χ2v) is 5.88. The zero-order valence-corrected chi connectivity index (χ0v) is 11.7. The molecule has 0 atom stereocenters. The van der Waals surface area contributed by atoms with Crippen LogP contribution in [-0.4, -0.2) is 25.4 Å². The average Bonchev–Trinajstić information content (AvgIpc) is 2.92. The molecule has 0 saturated heterocycles. The molecule has 108 valence electrons. The van der Waals surface area contributed by atoms with Gasteiger partial charge in [-0.25, -0.2) is 22.5 Å². The van der Waals surface area contributed by atoms with E-state index in [1.165, 1.54) is 18.3 Å². The SMILES string of the molecule is CNCc1ccc(F)cc1S(=O)(=O)NCc1ncc[nH]1. The van der Waals surface area contributed by atoms with Crippen LogP contribution in [0.15, 0.2) is 35.5 Å². The van der Waals surface area contributed by atoms with Crippen molar-refractivity contribution in [2.24, 2.45) is 0 Å². The maximum atomic E-state index is 13.3. The first-order valence-corrected chi connectivity index (χ1v) is 7.42. The summed E-state index contributed by atoms with van der Waals surface area (Å²) in [5.74, 6) is -0.108. The van der Waals surface area contributed by atoms with Crippen molar-refractivity contribution in [1.29, 1.82) is 0 Å². The minimum atomic E-state index is -3.80. The van der Waals surface area contributed by atoms with Crippen molar-refractivity contribution in [2.75, 3.05) is 7.05 Å². The molecule has 0 aliphatic rings. The second kappa shape index (κ2) is 6.12. The maximum absolute atomic E-state index is 13.3. The molecule has 0 radical (unpaired) electrons. The highest BCUT2D eigenvalue weighted by molar-refractivity contribution is 7.89. The lowest BCUT2D eigenvalue weighted by atomic mass is 10.2. The summed E-state index contributed by atoms with van der Waals surface area (Å²) in [6.07, 6.45) is 3.12. The molecule has 2 rings (SSSR count). The Balaban J connectivity index is 2.26. The van der Waals surface area contributed by atoms with E-state index in [2.05, 4.69) is 20.0 Å². The van der Waals surface area contributed by atoms with E-state index in [9.17, 15) is 12.8 Å². The van der Waals surface area contributed by atoms with Crippen LogP contribution in [-0.2, 0) is 23.1 Å². The van der Waals surface area contributed by atoms with E-state index in [1.807, 2.05) is 0 Å². The molecular weight excluding hydrogens is 283 g/mol. The first kappa shape index (κ1) is 14.6. The van der Waals surface area contributed by atoms with Crippen LogP contribution in [0.3, 0.4) is 0 Å². The predicted molar refractivity (Wildman–Crippen MR) is 71.8 cm³/mol. The standard InChI is InChI=1S/C12H15FN4O2S/c1-14-7-9-2-3-10(13)6-11(9)20(18,19)17-8-12-15-4-5-16-12/h2-6,14,17H,7-8H2,1H3,(H,15,16). The van der Waals surface area contributed by atoms with Crippen LogP contribution in [0.1, 0.15) is 11.4 Å². The number of sulfonamides is 1. The highest BCUT2D eigenvalue weighted by atomic mass is 32.2. The molecule has 0 unspecified atom stereocenters. The topological polar surface area (TPSA) is 86.9 Å². The van der Waals surface area contributed by atoms with Gasteiger partial charge in [0.05, 0.1) is 11.4 Å². The fourth-order valence-electron chi connectivity index (χ4n) is 1.75. The number of aromatic amines is 1. The zero-order valence-electron chi connectivity index (χ0n) is 10.9. The van der Waals surface area contributed by atoms with Crippen LogP contribution in [0.5, 0.6) is 0 Å². The van der Waals surface area contributed by atoms with Crippen molar-refractivity contribution in [1.82, 2.24) is 20.0 Å². The highest BCUT2D eigenvalue weighted by Crippen LogP contribution is 2.17. The minimum Gasteiger partial charge on any atom is -0.347 e. The number of rotatable bonds is 6. The number of hydrogen-bond donors (Lipinski definition) is 3. The van der Waals surface area contributed by atoms with Gasteiger partial charge in [0.1, 0.15) is 11.6 Å². The van der Waals surface area contributed by atoms with Crippen molar-refractivity contribution in [3.05, 3.63) is 47.8 Å². The van der Waals surface area contributed by atoms with Gasteiger partial charge in [-0.1, -0.05) is 6.07 Å². The maximum Gasteiger partial charge on any atom is 0.241 e. The smallest absolute Gasteiger partial charge is 0.241 e. The molecule has 0 amide bonds. The number of nitrogens with zero attached hydrogens (tertiary/aromatic N) is 1. The Hall–Kier alpha value is -1.77. The summed E-state index contributed by atoms with van der Waals surface area (Å²) in [6, 6.07) is 3.70. The lowest BCUT2D eigenvalue weighted by molar-refractivity contribution is 0.573. The quantitative estimate of drug-likeness (QED) is 0.734. The third-order valence-electron chi connectivity index (χ3n) is 2.67. The van der Waals surface area contributed by atoms with Gasteiger partial charge in [-0.05, 0) is 24.7 Å². The van der Waals surface area contributed by atoms with Crippen molar-refractivity contribution >= 4 is 10.0 Å². The van der Waals surface area contributed by atoms with Crippen LogP contribution >= 0.6 is 0 Å². The molecule has 20 heavy (non-hydrogen) atoms. The molecule has 1 aromatic carbocycles. The molecule has 0 aliphatic heterocycles. The van der Waals surface area contributed by atoms with E-state index in [0.717, 1.165) is 6.07 Å². The van der Waals surface area contributed by atoms with Gasteiger partial charge < -0.3 is 10.3 Å². The van der Waals surface area contributed by atoms with E-state index < -0.39 is 15.8 Å². The first-order valence-electron chi connectivity index (χ1n) is 5.94. The number of halogens is 1. The number of H-pyrrole nitrogens is 1. The summed E-state index contributed by atoms with van der Waals surface area (Å²) in [6.45, 7) is 0.349. The molecule has 0 saturated carbocycles. The van der Waals surface area contributed by atoms with Crippen LogP contribution < -0.4 is 10.0 Å². The first-order chi connectivity index (χ1) is 9.53. The lowest BCUT2D eigenvalue weighted by Gasteiger charge is -2.11. The van der Waals surface area contributed by atoms with Gasteiger partial charge in [0, 0.05) is 18.9 Å². The Morgan fingerprint density at radius 2 is 2.15 bits per heavy atom. The Morgan fingerprint density at radius 1 is 1.35 bits per heavy atom. The minimum absolute atomic E-state index is 0.0187. The fourth-order valence-corrected chi connectivity index (χ4v) is 2.99. The molecule has 1 heterocycles. The summed E-state index contributed by atoms with van der Waals surface area (Å²) in [5.41, 5.74) is 0.501. The monoisotopic (exact) mass is 298 g/mol. The van der Waals surface area contributed by atoms with Gasteiger partial charge in [-0.3, -0.25) is 0 Å². The van der Waals surface area contributed by atoms with E-state index in [4.69, 9.17) is 0 Å². The number of imidazole rings is 1. The Bertz CT molecular complexity index is 671. The molecule has 0 spiro atoms. The predicted octanol–water partition coefficient (Wildman–Crippen LogP) is 0.747. The van der Waals surface area contributed by atoms with E-state index in [0.29, 0.717) is 17.9 Å². The molecule has 1 aromatic heterocycles. The molecule has 2 aromatic rings. The van der Waals surface area contributed by atoms with Crippen molar-refractivity contribution in [3.63, 3.8) is 0 Å². The fraction of sp³-hybridized carbons (Fsp3) is 0.250. The molecule has 0 aliphatic carbocycles. The number of benzene rings is 1. The molecule has 6 nitrogen and oxygen atoms in total. The Labute approximate surface area is 116 Å². The summed E-state index contributed by atoms with van der Waals surface area (Å²) in [4.78, 5) is 6.64. The molecule has 3 N–H and O–H groups in total. The van der Waals surface area contributed by atoms with Gasteiger partial charge in [-0.2, -0.15) is 0 Å². The summed E-state index contributed by atoms with van der Waals surface area (Å²) < 4.78 is 40.1. The normalized spacial score (nSPS) is 11.7. The molecule has 0 fully saturated rings. The molecular formula is C12H15FN4O2S. The number of nitrogens with one attached hydrogen (secondary N) is 3. The summed E-state index contributed by atoms with van der Waals surface area (Å²) in [7, 11) is -2.11. The molecule has 8 heteroatoms. The molecule has 0 bridgehead atoms. The van der Waals surface area contributed by atoms with Gasteiger partial charge >= 0.3 is 0 Å². The Morgan fingerprint density at radius 3 is 2.80 bits per heavy atom. The summed E-state index contributed by atoms with van der Waals surface area (Å²) >= 11 is 0. The number of hydrogen-bond acceptors (Lipinski definition) is 4. The van der Waals surface area contributed by atoms with Crippen LogP contribution in [0, 0.1) is 5.82 Å². The van der Waals surface area contributed by atoms with Crippen LogP contribution in [0.25, 0.3) is 0 Å². The van der Waals surface area contributed by atoms with Crippen LogP contribution in [0.4, 0.5) is 4.39 Å². The third-order valence-corrected chi connectivity index (χ3v) is 4.15. The van der Waals surface area contributed by atoms with Gasteiger partial charge in [-0.15, -0.1) is 0 Å². The van der Waals surface area contributed by atoms with Crippen molar-refractivity contribution in [3.8, 4) is 0 Å². The second-order valence-electron chi connectivity index (χ2n) is 4.14. The van der Waals surface area contributed by atoms with E-state index in [1.54, 1.807) is 13.2 Å². The Kier molecular flexibility index (Phi) is 4.48. The van der Waals surface area contributed by atoms with Crippen molar-refractivity contribution in [2.45, 2.75) is 18.0 Å². The lowest BCUT2D eigenvalue weighted by Crippen LogP contribution is -2.25. The third kappa shape index (κ3) is 3.41. The van der Waals surface area contributed by atoms with Gasteiger partial charge in [0.25, 0.3) is 0 Å². The number of aromatic nitrogens is 2. The largest absolute Gasteiger partial charge is 0.347 e. The van der Waals surface area contributed by atoms with Crippen molar-refractivity contribution < 1.29 is 12.8 Å². The highest BCUT2D eigenvalue weighted by Gasteiger charge is 2.19. The van der Waals surface area contributed by atoms with E-state index in [-0.39, 0.29) is 11.4 Å². The summed E-state index contributed by atoms with van der Waals surface area (Å²) in [5, 5.41) is 2.85.